The van der Waals surface area contributed by atoms with Crippen molar-refractivity contribution in [3.8, 4) is 0 Å². The van der Waals surface area contributed by atoms with Gasteiger partial charge in [0.2, 0.25) is 21.8 Å². The normalized spacial score (nSPS) is 22.6. The van der Waals surface area contributed by atoms with E-state index in [-0.39, 0.29) is 20.7 Å². The number of rotatable bonds is 7. The van der Waals surface area contributed by atoms with Gasteiger partial charge in [0.1, 0.15) is 23.5 Å². The zero-order chi connectivity index (χ0) is 28.0. The Morgan fingerprint density at radius 1 is 1.21 bits per heavy atom. The molecule has 202 valence electrons. The van der Waals surface area contributed by atoms with E-state index in [1.54, 1.807) is 44.2 Å². The number of sulfonamides is 1. The number of halogens is 1. The number of thioether (sulfide) groups is 1. The van der Waals surface area contributed by atoms with Gasteiger partial charge in [-0.15, -0.1) is 11.8 Å². The van der Waals surface area contributed by atoms with Crippen LogP contribution in [0.15, 0.2) is 53.4 Å². The summed E-state index contributed by atoms with van der Waals surface area (Å²) in [6, 6.07) is 9.55. The van der Waals surface area contributed by atoms with Crippen LogP contribution in [0, 0.1) is 0 Å². The minimum atomic E-state index is -3.95. The molecule has 0 unspecified atom stereocenters. The molecule has 2 aliphatic heterocycles. The Bertz CT molecular complexity index is 1420. The van der Waals surface area contributed by atoms with Crippen LogP contribution in [0.2, 0.25) is 5.02 Å². The van der Waals surface area contributed by atoms with Crippen LogP contribution in [0.3, 0.4) is 0 Å². The summed E-state index contributed by atoms with van der Waals surface area (Å²) in [5.41, 5.74) is 0.828. The third-order valence-electron chi connectivity index (χ3n) is 6.16. The van der Waals surface area contributed by atoms with Gasteiger partial charge in [0.15, 0.2) is 5.11 Å². The zero-order valence-electron chi connectivity index (χ0n) is 20.0. The Morgan fingerprint density at radius 2 is 1.87 bits per heavy atom. The minimum Gasteiger partial charge on any atom is -0.480 e. The molecule has 4 atom stereocenters. The molecule has 0 aromatic heterocycles. The van der Waals surface area contributed by atoms with Gasteiger partial charge in [-0.05, 0) is 49.8 Å². The summed E-state index contributed by atoms with van der Waals surface area (Å²) in [7, 11) is -3.95. The number of nitrogens with zero attached hydrogens (tertiary/aromatic N) is 1. The number of nitrogens with two attached hydrogens (primary N) is 1. The standard InChI is InChI=1S/C23H24ClN5O6S3/c1-23(2)17(21(32)33)29-19(31)16(20(29)37-23)27-18(30)15(11-6-4-3-5-7-11)28-22(36)26-14-9-8-12(10-13(14)24)38(25,34)35/h3-10,15-17,20H,1-2H3,(H,27,30)(H,32,33)(H2,25,34,35)(H2,26,28,36)/t15-,16-,17+,20-/m1/s1. The molecule has 4 rings (SSSR count). The Labute approximate surface area is 233 Å². The topological polar surface area (TPSA) is 171 Å². The molecule has 0 spiro atoms. The fourth-order valence-electron chi connectivity index (χ4n) is 4.39. The number of hydrogen-bond donors (Lipinski definition) is 5. The van der Waals surface area contributed by atoms with Crippen molar-refractivity contribution in [3.05, 3.63) is 59.1 Å². The molecule has 2 aromatic carbocycles. The summed E-state index contributed by atoms with van der Waals surface area (Å²) in [6.45, 7) is 3.50. The minimum absolute atomic E-state index is 0.00290. The summed E-state index contributed by atoms with van der Waals surface area (Å²) >= 11 is 12.9. The molecule has 11 nitrogen and oxygen atoms in total. The largest absolute Gasteiger partial charge is 0.480 e. The second-order valence-corrected chi connectivity index (χ2v) is 13.4. The fraction of sp³-hybridized carbons (Fsp3) is 0.304. The van der Waals surface area contributed by atoms with Gasteiger partial charge < -0.3 is 26.0 Å². The lowest BCUT2D eigenvalue weighted by Gasteiger charge is -2.44. The number of benzene rings is 2. The lowest BCUT2D eigenvalue weighted by atomic mass is 9.95. The SMILES string of the molecule is CC1(C)S[C@@H]2[C@H](NC(=O)[C@H](NC(=S)Nc3ccc(S(N)(=O)=O)cc3Cl)c3ccccc3)C(=O)N2[C@H]1C(=O)O. The highest BCUT2D eigenvalue weighted by atomic mass is 35.5. The molecule has 38 heavy (non-hydrogen) atoms. The first kappa shape index (κ1) is 28.1. The Balaban J connectivity index is 1.50. The molecule has 0 saturated carbocycles. The van der Waals surface area contributed by atoms with E-state index in [1.165, 1.54) is 34.9 Å². The molecule has 2 saturated heterocycles. The van der Waals surface area contributed by atoms with Crippen LogP contribution in [-0.2, 0) is 24.4 Å². The molecule has 15 heteroatoms. The molecule has 0 aliphatic carbocycles. The average molecular weight is 598 g/mol. The second-order valence-electron chi connectivity index (χ2n) is 9.21. The summed E-state index contributed by atoms with van der Waals surface area (Å²) in [6.07, 6.45) is 0. The van der Waals surface area contributed by atoms with E-state index in [4.69, 9.17) is 29.0 Å². The Hall–Kier alpha value is -2.91. The molecule has 6 N–H and O–H groups in total. The van der Waals surface area contributed by atoms with Gasteiger partial charge in [-0.25, -0.2) is 18.4 Å². The van der Waals surface area contributed by atoms with E-state index >= 15 is 0 Å². The monoisotopic (exact) mass is 597 g/mol. The van der Waals surface area contributed by atoms with Gasteiger partial charge in [0, 0.05) is 4.75 Å². The highest BCUT2D eigenvalue weighted by Crippen LogP contribution is 2.50. The van der Waals surface area contributed by atoms with Gasteiger partial charge in [0.05, 0.1) is 15.6 Å². The molecule has 0 radical (unpaired) electrons. The number of carboxylic acid groups (broad SMARTS) is 1. The number of β-lactam (4-membered cyclic amide) rings is 1. The first-order valence-corrected chi connectivity index (χ1v) is 14.4. The van der Waals surface area contributed by atoms with E-state index in [9.17, 15) is 27.9 Å². The summed E-state index contributed by atoms with van der Waals surface area (Å²) in [5, 5.41) is 22.7. The smallest absolute Gasteiger partial charge is 0.327 e. The number of hydrogen-bond acceptors (Lipinski definition) is 7. The van der Waals surface area contributed by atoms with Crippen molar-refractivity contribution in [2.75, 3.05) is 5.32 Å². The molecule has 2 aromatic rings. The van der Waals surface area contributed by atoms with Gasteiger partial charge in [0.25, 0.3) is 0 Å². The molecular formula is C23H24ClN5O6S3. The van der Waals surface area contributed by atoms with Gasteiger partial charge in [-0.2, -0.15) is 0 Å². The third kappa shape index (κ3) is 5.45. The first-order chi connectivity index (χ1) is 17.7. The Kier molecular flexibility index (Phi) is 7.65. The number of carbonyl (C=O) groups excluding carboxylic acids is 2. The van der Waals surface area contributed by atoms with E-state index in [1.807, 2.05) is 0 Å². The van der Waals surface area contributed by atoms with Gasteiger partial charge >= 0.3 is 5.97 Å². The van der Waals surface area contributed by atoms with Crippen molar-refractivity contribution in [2.45, 2.75) is 47.0 Å². The Morgan fingerprint density at radius 3 is 2.45 bits per heavy atom. The van der Waals surface area contributed by atoms with Crippen molar-refractivity contribution in [2.24, 2.45) is 5.14 Å². The number of aliphatic carboxylic acids is 1. The quantitative estimate of drug-likeness (QED) is 0.233. The van der Waals surface area contributed by atoms with Crippen LogP contribution in [0.5, 0.6) is 0 Å². The summed E-state index contributed by atoms with van der Waals surface area (Å²) < 4.78 is 22.4. The zero-order valence-corrected chi connectivity index (χ0v) is 23.2. The molecule has 2 heterocycles. The van der Waals surface area contributed by atoms with Crippen LogP contribution in [0.25, 0.3) is 0 Å². The highest BCUT2D eigenvalue weighted by molar-refractivity contribution is 8.01. The van der Waals surface area contributed by atoms with Crippen LogP contribution < -0.4 is 21.1 Å². The van der Waals surface area contributed by atoms with Crippen molar-refractivity contribution >= 4 is 74.2 Å². The molecule has 2 fully saturated rings. The molecular weight excluding hydrogens is 574 g/mol. The number of fused-ring (bicyclic) bond motifs is 1. The number of anilines is 1. The van der Waals surface area contributed by atoms with Crippen molar-refractivity contribution in [1.82, 2.24) is 15.5 Å². The average Bonchev–Trinajstić information content (AvgIpc) is 3.10. The first-order valence-electron chi connectivity index (χ1n) is 11.2. The lowest BCUT2D eigenvalue weighted by Crippen LogP contribution is -2.71. The van der Waals surface area contributed by atoms with Gasteiger partial charge in [-0.3, -0.25) is 9.59 Å². The number of carboxylic acids is 1. The summed E-state index contributed by atoms with van der Waals surface area (Å²) in [4.78, 5) is 39.1. The predicted molar refractivity (Wildman–Crippen MR) is 147 cm³/mol. The van der Waals surface area contributed by atoms with E-state index in [0.717, 1.165) is 0 Å². The van der Waals surface area contributed by atoms with E-state index in [2.05, 4.69) is 16.0 Å². The summed E-state index contributed by atoms with van der Waals surface area (Å²) in [5.74, 6) is -2.12. The number of nitrogens with one attached hydrogen (secondary N) is 3. The molecule has 2 amide bonds. The predicted octanol–water partition coefficient (Wildman–Crippen LogP) is 1.65. The second kappa shape index (κ2) is 10.3. The van der Waals surface area contributed by atoms with Gasteiger partial charge in [-0.1, -0.05) is 41.9 Å². The van der Waals surface area contributed by atoms with Crippen molar-refractivity contribution < 1.29 is 27.9 Å². The van der Waals surface area contributed by atoms with Crippen LogP contribution in [0.1, 0.15) is 25.5 Å². The van der Waals surface area contributed by atoms with Crippen LogP contribution in [0.4, 0.5) is 5.69 Å². The number of primary sulfonamides is 1. The number of amides is 2. The van der Waals surface area contributed by atoms with Crippen LogP contribution in [-0.4, -0.2) is 63.5 Å². The van der Waals surface area contributed by atoms with Crippen molar-refractivity contribution in [3.63, 3.8) is 0 Å². The molecule has 2 aliphatic rings. The lowest BCUT2D eigenvalue weighted by molar-refractivity contribution is -0.161. The van der Waals surface area contributed by atoms with Crippen LogP contribution >= 0.6 is 35.6 Å². The third-order valence-corrected chi connectivity index (χ3v) is 9.18. The van der Waals surface area contributed by atoms with E-state index < -0.39 is 56.1 Å². The maximum absolute atomic E-state index is 13.4. The highest BCUT2D eigenvalue weighted by Gasteiger charge is 2.64. The fourth-order valence-corrected chi connectivity index (χ4v) is 7.08. The van der Waals surface area contributed by atoms with E-state index in [0.29, 0.717) is 5.56 Å². The molecule has 0 bridgehead atoms. The maximum atomic E-state index is 13.4. The number of carbonyl (C=O) groups is 3. The number of thiocarbonyl (C=S) groups is 1. The maximum Gasteiger partial charge on any atom is 0.327 e. The van der Waals surface area contributed by atoms with Crippen molar-refractivity contribution in [1.29, 1.82) is 0 Å².